The van der Waals surface area contributed by atoms with Gasteiger partial charge in [-0.3, -0.25) is 0 Å². The van der Waals surface area contributed by atoms with E-state index in [1.54, 1.807) is 0 Å². The number of hydrogen-bond acceptors (Lipinski definition) is 2. The molecule has 0 amide bonds. The van der Waals surface area contributed by atoms with Gasteiger partial charge in [-0.2, -0.15) is 0 Å². The predicted molar refractivity (Wildman–Crippen MR) is 64.0 cm³/mol. The van der Waals surface area contributed by atoms with Gasteiger partial charge in [0.1, 0.15) is 0 Å². The second-order valence-electron chi connectivity index (χ2n) is 4.12. The van der Waals surface area contributed by atoms with Crippen molar-refractivity contribution >= 4 is 11.6 Å². The summed E-state index contributed by atoms with van der Waals surface area (Å²) < 4.78 is 0. The number of benzene rings is 1. The van der Waals surface area contributed by atoms with E-state index in [4.69, 9.17) is 17.3 Å². The Hall–Kier alpha value is -0.570. The van der Waals surface area contributed by atoms with Crippen LogP contribution in [-0.4, -0.2) is 13.1 Å². The highest BCUT2D eigenvalue weighted by Gasteiger charge is 2.24. The molecule has 1 saturated heterocycles. The summed E-state index contributed by atoms with van der Waals surface area (Å²) in [5.41, 5.74) is 7.10. The Bertz CT molecular complexity index is 310. The molecule has 0 aliphatic carbocycles. The lowest BCUT2D eigenvalue weighted by molar-refractivity contribution is 0.291. The van der Waals surface area contributed by atoms with Gasteiger partial charge in [0.25, 0.3) is 0 Å². The van der Waals surface area contributed by atoms with Gasteiger partial charge in [0.15, 0.2) is 0 Å². The van der Waals surface area contributed by atoms with Crippen LogP contribution in [0.1, 0.15) is 24.4 Å². The fourth-order valence-electron chi connectivity index (χ4n) is 2.27. The summed E-state index contributed by atoms with van der Waals surface area (Å²) in [6.07, 6.45) is 2.45. The fraction of sp³-hybridized carbons (Fsp3) is 0.500. The lowest BCUT2D eigenvalue weighted by atomic mass is 9.86. The van der Waals surface area contributed by atoms with Crippen LogP contribution in [-0.2, 0) is 0 Å². The summed E-state index contributed by atoms with van der Waals surface area (Å²) in [5.74, 6) is 0.555. The van der Waals surface area contributed by atoms with Crippen LogP contribution in [0.2, 0.25) is 5.02 Å². The predicted octanol–water partition coefficient (Wildman–Crippen LogP) is 2.34. The number of halogens is 1. The minimum absolute atomic E-state index is 0.404. The quantitative estimate of drug-likeness (QED) is 0.810. The van der Waals surface area contributed by atoms with Crippen molar-refractivity contribution in [1.82, 2.24) is 5.32 Å². The highest BCUT2D eigenvalue weighted by Crippen LogP contribution is 2.29. The molecule has 1 heterocycles. The number of rotatable bonds is 2. The topological polar surface area (TPSA) is 38.0 Å². The van der Waals surface area contributed by atoms with Crippen molar-refractivity contribution in [3.8, 4) is 0 Å². The fourth-order valence-corrected chi connectivity index (χ4v) is 2.40. The average Bonchev–Trinajstić information content (AvgIpc) is 2.30. The lowest BCUT2D eigenvalue weighted by Crippen LogP contribution is -2.37. The molecule has 0 saturated carbocycles. The summed E-state index contributed by atoms with van der Waals surface area (Å²) in [7, 11) is 0. The first-order valence-corrected chi connectivity index (χ1v) is 5.88. The van der Waals surface area contributed by atoms with Gasteiger partial charge in [-0.1, -0.05) is 23.7 Å². The van der Waals surface area contributed by atoms with Crippen LogP contribution in [0.4, 0.5) is 0 Å². The van der Waals surface area contributed by atoms with Gasteiger partial charge in [0, 0.05) is 11.1 Å². The van der Waals surface area contributed by atoms with Crippen LogP contribution in [0, 0.1) is 5.92 Å². The monoisotopic (exact) mass is 224 g/mol. The van der Waals surface area contributed by atoms with Crippen molar-refractivity contribution in [2.45, 2.75) is 18.9 Å². The highest BCUT2D eigenvalue weighted by molar-refractivity contribution is 6.30. The Kier molecular flexibility index (Phi) is 3.62. The maximum Gasteiger partial charge on any atom is 0.0406 e. The van der Waals surface area contributed by atoms with Gasteiger partial charge in [0.05, 0.1) is 0 Å². The molecular weight excluding hydrogens is 208 g/mol. The van der Waals surface area contributed by atoms with Crippen molar-refractivity contribution in [2.24, 2.45) is 11.7 Å². The Balaban J connectivity index is 2.16. The SMILES string of the molecule is NC[C@@H]1CCCN[C@H]1c1ccc(Cl)cc1. The van der Waals surface area contributed by atoms with Crippen LogP contribution in [0.15, 0.2) is 24.3 Å². The molecule has 0 aromatic heterocycles. The third-order valence-corrected chi connectivity index (χ3v) is 3.37. The lowest BCUT2D eigenvalue weighted by Gasteiger charge is -2.32. The van der Waals surface area contributed by atoms with E-state index in [1.807, 2.05) is 12.1 Å². The van der Waals surface area contributed by atoms with Crippen LogP contribution in [0.3, 0.4) is 0 Å². The first-order valence-electron chi connectivity index (χ1n) is 5.50. The zero-order valence-corrected chi connectivity index (χ0v) is 9.50. The van der Waals surface area contributed by atoms with Crippen molar-refractivity contribution in [2.75, 3.05) is 13.1 Å². The number of nitrogens with two attached hydrogens (primary N) is 1. The molecule has 15 heavy (non-hydrogen) atoms. The van der Waals surface area contributed by atoms with E-state index in [0.717, 1.165) is 18.1 Å². The van der Waals surface area contributed by atoms with Crippen LogP contribution in [0.5, 0.6) is 0 Å². The molecule has 2 nitrogen and oxygen atoms in total. The highest BCUT2D eigenvalue weighted by atomic mass is 35.5. The molecular formula is C12H17ClN2. The number of nitrogens with one attached hydrogen (secondary N) is 1. The van der Waals surface area contributed by atoms with Gasteiger partial charge >= 0.3 is 0 Å². The van der Waals surface area contributed by atoms with Crippen LogP contribution in [0.25, 0.3) is 0 Å². The molecule has 2 atom stereocenters. The summed E-state index contributed by atoms with van der Waals surface area (Å²) in [5, 5.41) is 4.32. The Morgan fingerprint density at radius 1 is 1.33 bits per heavy atom. The summed E-state index contributed by atoms with van der Waals surface area (Å²) in [6.45, 7) is 1.84. The molecule has 1 aliphatic rings. The van der Waals surface area contributed by atoms with Crippen LogP contribution < -0.4 is 11.1 Å². The Morgan fingerprint density at radius 3 is 2.73 bits per heavy atom. The second-order valence-corrected chi connectivity index (χ2v) is 4.56. The van der Waals surface area contributed by atoms with E-state index < -0.39 is 0 Å². The minimum Gasteiger partial charge on any atom is -0.330 e. The van der Waals surface area contributed by atoms with E-state index in [2.05, 4.69) is 17.4 Å². The molecule has 82 valence electrons. The largest absolute Gasteiger partial charge is 0.330 e. The number of piperidine rings is 1. The van der Waals surface area contributed by atoms with E-state index in [9.17, 15) is 0 Å². The molecule has 0 unspecified atom stereocenters. The molecule has 0 spiro atoms. The smallest absolute Gasteiger partial charge is 0.0406 e. The molecule has 1 fully saturated rings. The second kappa shape index (κ2) is 4.97. The first-order chi connectivity index (χ1) is 7.31. The van der Waals surface area contributed by atoms with E-state index in [0.29, 0.717) is 12.0 Å². The van der Waals surface area contributed by atoms with Crippen LogP contribution >= 0.6 is 11.6 Å². The van der Waals surface area contributed by atoms with Gasteiger partial charge in [-0.05, 0) is 49.5 Å². The molecule has 2 rings (SSSR count). The summed E-state index contributed by atoms with van der Waals surface area (Å²) in [4.78, 5) is 0. The Morgan fingerprint density at radius 2 is 2.07 bits per heavy atom. The van der Waals surface area contributed by atoms with Crippen molar-refractivity contribution < 1.29 is 0 Å². The molecule has 1 aliphatic heterocycles. The maximum atomic E-state index is 5.88. The molecule has 3 heteroatoms. The van der Waals surface area contributed by atoms with Crippen molar-refractivity contribution in [1.29, 1.82) is 0 Å². The van der Waals surface area contributed by atoms with E-state index in [-0.39, 0.29) is 0 Å². The van der Waals surface area contributed by atoms with Crippen molar-refractivity contribution in [3.05, 3.63) is 34.9 Å². The van der Waals surface area contributed by atoms with E-state index in [1.165, 1.54) is 18.4 Å². The molecule has 1 aromatic rings. The Labute approximate surface area is 95.8 Å². The zero-order valence-electron chi connectivity index (χ0n) is 8.75. The van der Waals surface area contributed by atoms with Gasteiger partial charge in [-0.25, -0.2) is 0 Å². The van der Waals surface area contributed by atoms with Gasteiger partial charge in [0.2, 0.25) is 0 Å². The van der Waals surface area contributed by atoms with E-state index >= 15 is 0 Å². The molecule has 1 aromatic carbocycles. The van der Waals surface area contributed by atoms with Crippen molar-refractivity contribution in [3.63, 3.8) is 0 Å². The summed E-state index contributed by atoms with van der Waals surface area (Å²) in [6, 6.07) is 8.48. The standard InChI is InChI=1S/C12H17ClN2/c13-11-5-3-9(4-6-11)12-10(8-14)2-1-7-15-12/h3-6,10,12,15H,1-2,7-8,14H2/t10-,12-/m0/s1. The van der Waals surface area contributed by atoms with Gasteiger partial charge in [-0.15, -0.1) is 0 Å². The van der Waals surface area contributed by atoms with Gasteiger partial charge < -0.3 is 11.1 Å². The summed E-state index contributed by atoms with van der Waals surface area (Å²) >= 11 is 5.88. The molecule has 0 bridgehead atoms. The molecule has 0 radical (unpaired) electrons. The first kappa shape index (κ1) is 10.9. The third kappa shape index (κ3) is 2.51. The number of hydrogen-bond donors (Lipinski definition) is 2. The normalized spacial score (nSPS) is 26.5. The minimum atomic E-state index is 0.404. The zero-order chi connectivity index (χ0) is 10.7. The third-order valence-electron chi connectivity index (χ3n) is 3.12. The average molecular weight is 225 g/mol. The molecule has 3 N–H and O–H groups in total. The maximum absolute atomic E-state index is 5.88.